The van der Waals surface area contributed by atoms with Crippen LogP contribution in [0.5, 0.6) is 5.75 Å². The van der Waals surface area contributed by atoms with Gasteiger partial charge in [-0.1, -0.05) is 11.6 Å². The maximum Gasteiger partial charge on any atom is 0.227 e. The summed E-state index contributed by atoms with van der Waals surface area (Å²) >= 11 is 5.98. The summed E-state index contributed by atoms with van der Waals surface area (Å²) in [5.74, 6) is 0.829. The first-order valence-corrected chi connectivity index (χ1v) is 6.82. The van der Waals surface area contributed by atoms with Crippen LogP contribution in [-0.4, -0.2) is 43.6 Å². The van der Waals surface area contributed by atoms with Crippen LogP contribution in [0.15, 0.2) is 18.2 Å². The highest BCUT2D eigenvalue weighted by atomic mass is 35.5. The smallest absolute Gasteiger partial charge is 0.227 e. The number of benzene rings is 1. The summed E-state index contributed by atoms with van der Waals surface area (Å²) in [6.45, 7) is 4.50. The van der Waals surface area contributed by atoms with Gasteiger partial charge in [-0.15, -0.1) is 12.4 Å². The number of hydrogen-bond acceptors (Lipinski definition) is 3. The Morgan fingerprint density at radius 2 is 2.30 bits per heavy atom. The quantitative estimate of drug-likeness (QED) is 0.928. The van der Waals surface area contributed by atoms with Crippen molar-refractivity contribution in [3.8, 4) is 5.75 Å². The van der Waals surface area contributed by atoms with Crippen molar-refractivity contribution in [2.24, 2.45) is 0 Å². The fraction of sp³-hybridized carbons (Fsp3) is 0.500. The molecular formula is C14H20Cl2N2O2. The van der Waals surface area contributed by atoms with Crippen molar-refractivity contribution in [2.45, 2.75) is 19.4 Å². The number of nitrogens with zero attached hydrogens (tertiary/aromatic N) is 1. The van der Waals surface area contributed by atoms with Crippen LogP contribution in [0.3, 0.4) is 0 Å². The zero-order chi connectivity index (χ0) is 13.8. The third-order valence-corrected chi connectivity index (χ3v) is 3.64. The number of methoxy groups -OCH3 is 1. The first kappa shape index (κ1) is 17.1. The van der Waals surface area contributed by atoms with Crippen molar-refractivity contribution in [1.29, 1.82) is 0 Å². The molecule has 1 atom stereocenters. The van der Waals surface area contributed by atoms with Crippen LogP contribution < -0.4 is 10.1 Å². The number of carbonyl (C=O) groups is 1. The molecule has 0 aliphatic carbocycles. The summed E-state index contributed by atoms with van der Waals surface area (Å²) in [7, 11) is 1.60. The summed E-state index contributed by atoms with van der Waals surface area (Å²) in [6, 6.07) is 5.59. The van der Waals surface area contributed by atoms with E-state index in [1.807, 2.05) is 4.90 Å². The first-order chi connectivity index (χ1) is 9.11. The van der Waals surface area contributed by atoms with Gasteiger partial charge in [-0.3, -0.25) is 4.79 Å². The van der Waals surface area contributed by atoms with Crippen molar-refractivity contribution in [3.63, 3.8) is 0 Å². The molecule has 1 aromatic carbocycles. The molecule has 0 bridgehead atoms. The monoisotopic (exact) mass is 318 g/mol. The maximum atomic E-state index is 12.4. The molecule has 1 heterocycles. The molecule has 0 radical (unpaired) electrons. The number of piperazine rings is 1. The van der Waals surface area contributed by atoms with E-state index in [2.05, 4.69) is 12.2 Å². The standard InChI is InChI=1S/C14H19ClN2O2.ClH/c1-10-9-16-5-6-17(10)14(18)8-11-7-12(15)3-4-13(11)19-2;/h3-4,7,10,16H,5-6,8-9H2,1-2H3;1H. The normalized spacial score (nSPS) is 18.4. The fourth-order valence-electron chi connectivity index (χ4n) is 2.36. The van der Waals surface area contributed by atoms with Crippen LogP contribution >= 0.6 is 24.0 Å². The molecule has 4 nitrogen and oxygen atoms in total. The Bertz CT molecular complexity index is 468. The predicted molar refractivity (Wildman–Crippen MR) is 83.0 cm³/mol. The molecule has 0 aromatic heterocycles. The molecule has 1 aromatic rings. The molecular weight excluding hydrogens is 299 g/mol. The number of nitrogens with one attached hydrogen (secondary N) is 1. The number of carbonyl (C=O) groups excluding carboxylic acids is 1. The molecule has 0 saturated carbocycles. The van der Waals surface area contributed by atoms with Gasteiger partial charge in [0, 0.05) is 36.3 Å². The summed E-state index contributed by atoms with van der Waals surface area (Å²) in [5.41, 5.74) is 0.839. The van der Waals surface area contributed by atoms with Crippen LogP contribution in [0.1, 0.15) is 12.5 Å². The number of halogens is 2. The van der Waals surface area contributed by atoms with Crippen LogP contribution in [-0.2, 0) is 11.2 Å². The summed E-state index contributed by atoms with van der Waals surface area (Å²) in [4.78, 5) is 14.3. The van der Waals surface area contributed by atoms with Crippen molar-refractivity contribution < 1.29 is 9.53 Å². The van der Waals surface area contributed by atoms with Gasteiger partial charge in [-0.2, -0.15) is 0 Å². The minimum Gasteiger partial charge on any atom is -0.496 e. The van der Waals surface area contributed by atoms with Crippen LogP contribution in [0.2, 0.25) is 5.02 Å². The maximum absolute atomic E-state index is 12.4. The van der Waals surface area contributed by atoms with Gasteiger partial charge in [0.1, 0.15) is 5.75 Å². The SMILES string of the molecule is COc1ccc(Cl)cc1CC(=O)N1CCNCC1C.Cl. The second kappa shape index (κ2) is 7.72. The molecule has 20 heavy (non-hydrogen) atoms. The van der Waals surface area contributed by atoms with Gasteiger partial charge in [-0.25, -0.2) is 0 Å². The third kappa shape index (κ3) is 4.01. The minimum atomic E-state index is 0. The Morgan fingerprint density at radius 3 is 2.95 bits per heavy atom. The van der Waals surface area contributed by atoms with Gasteiger partial charge in [0.15, 0.2) is 0 Å². The van der Waals surface area contributed by atoms with Crippen molar-refractivity contribution in [2.75, 3.05) is 26.7 Å². The Balaban J connectivity index is 0.00000200. The lowest BCUT2D eigenvalue weighted by Gasteiger charge is -2.34. The summed E-state index contributed by atoms with van der Waals surface area (Å²) in [6.07, 6.45) is 0.327. The second-order valence-electron chi connectivity index (χ2n) is 4.77. The average molecular weight is 319 g/mol. The van der Waals surface area contributed by atoms with E-state index in [1.54, 1.807) is 25.3 Å². The molecule has 1 unspecified atom stereocenters. The van der Waals surface area contributed by atoms with Gasteiger partial charge in [0.2, 0.25) is 5.91 Å². The number of amides is 1. The highest BCUT2D eigenvalue weighted by Gasteiger charge is 2.23. The molecule has 1 fully saturated rings. The molecule has 2 rings (SSSR count). The van der Waals surface area contributed by atoms with E-state index in [9.17, 15) is 4.79 Å². The third-order valence-electron chi connectivity index (χ3n) is 3.41. The number of ether oxygens (including phenoxy) is 1. The largest absolute Gasteiger partial charge is 0.496 e. The van der Waals surface area contributed by atoms with Crippen LogP contribution in [0, 0.1) is 0 Å². The van der Waals surface area contributed by atoms with Crippen molar-refractivity contribution in [3.05, 3.63) is 28.8 Å². The predicted octanol–water partition coefficient (Wildman–Crippen LogP) is 2.13. The Labute approximate surface area is 130 Å². The highest BCUT2D eigenvalue weighted by molar-refractivity contribution is 6.30. The molecule has 1 N–H and O–H groups in total. The zero-order valence-corrected chi connectivity index (χ0v) is 13.3. The van der Waals surface area contributed by atoms with E-state index in [0.717, 1.165) is 25.2 Å². The molecule has 1 saturated heterocycles. The lowest BCUT2D eigenvalue weighted by molar-refractivity contribution is -0.133. The van der Waals surface area contributed by atoms with Gasteiger partial charge in [0.25, 0.3) is 0 Å². The highest BCUT2D eigenvalue weighted by Crippen LogP contribution is 2.23. The van der Waals surface area contributed by atoms with Gasteiger partial charge < -0.3 is 15.0 Å². The summed E-state index contributed by atoms with van der Waals surface area (Å²) < 4.78 is 5.27. The van der Waals surface area contributed by atoms with E-state index in [4.69, 9.17) is 16.3 Å². The van der Waals surface area contributed by atoms with Crippen molar-refractivity contribution >= 4 is 29.9 Å². The van der Waals surface area contributed by atoms with Gasteiger partial charge in [0.05, 0.1) is 13.5 Å². The van der Waals surface area contributed by atoms with E-state index in [-0.39, 0.29) is 24.4 Å². The Hall–Kier alpha value is -0.970. The zero-order valence-electron chi connectivity index (χ0n) is 11.7. The van der Waals surface area contributed by atoms with E-state index < -0.39 is 0 Å². The van der Waals surface area contributed by atoms with E-state index in [1.165, 1.54) is 0 Å². The lowest BCUT2D eigenvalue weighted by atomic mass is 10.1. The lowest BCUT2D eigenvalue weighted by Crippen LogP contribution is -2.52. The molecule has 1 amide bonds. The number of hydrogen-bond donors (Lipinski definition) is 1. The molecule has 1 aliphatic rings. The topological polar surface area (TPSA) is 41.6 Å². The molecule has 112 valence electrons. The van der Waals surface area contributed by atoms with Crippen LogP contribution in [0.4, 0.5) is 0 Å². The molecule has 0 spiro atoms. The Kier molecular flexibility index (Phi) is 6.59. The number of rotatable bonds is 3. The minimum absolute atomic E-state index is 0. The molecule has 1 aliphatic heterocycles. The van der Waals surface area contributed by atoms with E-state index >= 15 is 0 Å². The average Bonchev–Trinajstić information content (AvgIpc) is 2.39. The Morgan fingerprint density at radius 1 is 1.55 bits per heavy atom. The fourth-order valence-corrected chi connectivity index (χ4v) is 2.56. The van der Waals surface area contributed by atoms with Gasteiger partial charge >= 0.3 is 0 Å². The first-order valence-electron chi connectivity index (χ1n) is 6.44. The van der Waals surface area contributed by atoms with Gasteiger partial charge in [-0.05, 0) is 25.1 Å². The second-order valence-corrected chi connectivity index (χ2v) is 5.21. The van der Waals surface area contributed by atoms with E-state index in [0.29, 0.717) is 17.2 Å². The van der Waals surface area contributed by atoms with Crippen molar-refractivity contribution in [1.82, 2.24) is 10.2 Å². The van der Waals surface area contributed by atoms with Crippen LogP contribution in [0.25, 0.3) is 0 Å². The summed E-state index contributed by atoms with van der Waals surface area (Å²) in [5, 5.41) is 3.90. The molecule has 6 heteroatoms.